The van der Waals surface area contributed by atoms with E-state index in [0.29, 0.717) is 35.2 Å². The van der Waals surface area contributed by atoms with E-state index in [1.807, 2.05) is 31.2 Å². The lowest BCUT2D eigenvalue weighted by Gasteiger charge is -2.08. The fourth-order valence-corrected chi connectivity index (χ4v) is 3.34. The maximum Gasteiger partial charge on any atom is 0.306 e. The molecular weight excluding hydrogens is 446 g/mol. The molecule has 0 spiro atoms. The Hall–Kier alpha value is -3.52. The first kappa shape index (κ1) is 24.1. The number of carbonyl (C=O) groups excluding carboxylic acids is 2. The predicted octanol–water partition coefficient (Wildman–Crippen LogP) is 3.79. The molecule has 1 N–H and O–H groups in total. The van der Waals surface area contributed by atoms with E-state index in [1.165, 1.54) is 4.68 Å². The Kier molecular flexibility index (Phi) is 7.95. The normalized spacial score (nSPS) is 10.7. The van der Waals surface area contributed by atoms with E-state index in [4.69, 9.17) is 21.1 Å². The summed E-state index contributed by atoms with van der Waals surface area (Å²) in [5, 5.41) is 3.22. The number of anilines is 1. The molecule has 1 aromatic heterocycles. The maximum atomic E-state index is 12.8. The van der Waals surface area contributed by atoms with Crippen LogP contribution in [-0.4, -0.2) is 34.5 Å². The molecule has 0 fully saturated rings. The second kappa shape index (κ2) is 10.9. The van der Waals surface area contributed by atoms with Crippen LogP contribution in [0.15, 0.2) is 53.3 Å². The van der Waals surface area contributed by atoms with Crippen molar-refractivity contribution >= 4 is 29.2 Å². The molecule has 0 unspecified atom stereocenters. The number of aryl methyl sites for hydroxylation is 1. The van der Waals surface area contributed by atoms with E-state index in [0.717, 1.165) is 5.56 Å². The molecule has 0 aliphatic heterocycles. The van der Waals surface area contributed by atoms with E-state index >= 15 is 0 Å². The van der Waals surface area contributed by atoms with Gasteiger partial charge >= 0.3 is 5.97 Å². The Morgan fingerprint density at radius 2 is 1.82 bits per heavy atom. The molecular formula is C24H26ClN3O5. The molecule has 0 saturated carbocycles. The largest absolute Gasteiger partial charge is 0.494 e. The number of hydrogen-bond donors (Lipinski definition) is 1. The number of hydrogen-bond acceptors (Lipinski definition) is 5. The minimum absolute atomic E-state index is 0.102. The van der Waals surface area contributed by atoms with Gasteiger partial charge in [0.05, 0.1) is 18.0 Å². The second-order valence-corrected chi connectivity index (χ2v) is 7.92. The molecule has 174 valence electrons. The second-order valence-electron chi connectivity index (χ2n) is 7.51. The summed E-state index contributed by atoms with van der Waals surface area (Å²) in [5.41, 5.74) is 1.95. The fourth-order valence-electron chi connectivity index (χ4n) is 3.22. The Morgan fingerprint density at radius 3 is 2.52 bits per heavy atom. The van der Waals surface area contributed by atoms with Gasteiger partial charge in [-0.25, -0.2) is 4.68 Å². The highest BCUT2D eigenvalue weighted by Gasteiger charge is 2.18. The molecule has 8 nitrogen and oxygen atoms in total. The van der Waals surface area contributed by atoms with Gasteiger partial charge < -0.3 is 14.8 Å². The van der Waals surface area contributed by atoms with Gasteiger partial charge in [0.2, 0.25) is 0 Å². The molecule has 1 amide bonds. The summed E-state index contributed by atoms with van der Waals surface area (Å²) in [6.45, 7) is 3.45. The molecule has 2 aromatic carbocycles. The van der Waals surface area contributed by atoms with Crippen LogP contribution in [-0.2, 0) is 21.4 Å². The first-order valence-electron chi connectivity index (χ1n) is 10.5. The summed E-state index contributed by atoms with van der Waals surface area (Å²) in [5.74, 6) is -0.432. The van der Waals surface area contributed by atoms with E-state index in [9.17, 15) is 14.4 Å². The van der Waals surface area contributed by atoms with Gasteiger partial charge in [-0.15, -0.1) is 0 Å². The smallest absolute Gasteiger partial charge is 0.306 e. The molecule has 0 aliphatic carbocycles. The number of carbonyl (C=O) groups is 2. The lowest BCUT2D eigenvalue weighted by Crippen LogP contribution is -2.25. The number of amides is 1. The van der Waals surface area contributed by atoms with Crippen LogP contribution in [0.1, 0.15) is 24.1 Å². The van der Waals surface area contributed by atoms with Gasteiger partial charge in [-0.05, 0) is 56.2 Å². The van der Waals surface area contributed by atoms with Gasteiger partial charge in [-0.3, -0.25) is 19.1 Å². The molecule has 1 heterocycles. The highest BCUT2D eigenvalue weighted by atomic mass is 35.5. The highest BCUT2D eigenvalue weighted by molar-refractivity contribution is 6.31. The van der Waals surface area contributed by atoms with E-state index in [2.05, 4.69) is 5.32 Å². The minimum Gasteiger partial charge on any atom is -0.494 e. The number of aromatic nitrogens is 2. The van der Waals surface area contributed by atoms with Crippen molar-refractivity contribution in [2.45, 2.75) is 26.7 Å². The number of esters is 1. The van der Waals surface area contributed by atoms with E-state index in [1.54, 1.807) is 42.9 Å². The molecule has 0 atom stereocenters. The monoisotopic (exact) mass is 471 g/mol. The van der Waals surface area contributed by atoms with Gasteiger partial charge in [-0.1, -0.05) is 29.8 Å². The van der Waals surface area contributed by atoms with Gasteiger partial charge in [0.25, 0.3) is 11.5 Å². The van der Waals surface area contributed by atoms with Crippen molar-refractivity contribution in [2.24, 2.45) is 7.05 Å². The van der Waals surface area contributed by atoms with Crippen LogP contribution >= 0.6 is 11.6 Å². The number of nitrogens with one attached hydrogen (secondary N) is 1. The zero-order chi connectivity index (χ0) is 24.0. The number of halogens is 1. The van der Waals surface area contributed by atoms with Crippen LogP contribution in [0.2, 0.25) is 5.02 Å². The zero-order valence-electron chi connectivity index (χ0n) is 18.8. The number of benzene rings is 2. The molecule has 0 radical (unpaired) electrons. The van der Waals surface area contributed by atoms with Crippen molar-refractivity contribution in [1.82, 2.24) is 9.36 Å². The molecule has 0 bridgehead atoms. The van der Waals surface area contributed by atoms with Gasteiger partial charge in [0.1, 0.15) is 11.4 Å². The Morgan fingerprint density at radius 1 is 1.09 bits per heavy atom. The Bertz CT molecular complexity index is 1200. The zero-order valence-corrected chi connectivity index (χ0v) is 19.5. The van der Waals surface area contributed by atoms with Crippen LogP contribution < -0.4 is 15.6 Å². The van der Waals surface area contributed by atoms with Crippen molar-refractivity contribution in [2.75, 3.05) is 18.5 Å². The van der Waals surface area contributed by atoms with Crippen molar-refractivity contribution in [1.29, 1.82) is 0 Å². The summed E-state index contributed by atoms with van der Waals surface area (Å²) in [6, 6.07) is 14.4. The molecule has 0 aliphatic rings. The predicted molar refractivity (Wildman–Crippen MR) is 126 cm³/mol. The lowest BCUT2D eigenvalue weighted by molar-refractivity contribution is -0.147. The summed E-state index contributed by atoms with van der Waals surface area (Å²) < 4.78 is 13.7. The Balaban J connectivity index is 1.47. The van der Waals surface area contributed by atoms with Gasteiger partial charge in [0, 0.05) is 18.5 Å². The van der Waals surface area contributed by atoms with E-state index < -0.39 is 18.5 Å². The fraction of sp³-hybridized carbons (Fsp3) is 0.292. The van der Waals surface area contributed by atoms with Crippen molar-refractivity contribution in [3.05, 3.63) is 75.2 Å². The topological polar surface area (TPSA) is 91.6 Å². The van der Waals surface area contributed by atoms with Crippen molar-refractivity contribution in [3.8, 4) is 11.4 Å². The van der Waals surface area contributed by atoms with Crippen LogP contribution in [0.4, 0.5) is 5.69 Å². The third-order valence-electron chi connectivity index (χ3n) is 5.11. The van der Waals surface area contributed by atoms with Gasteiger partial charge in [-0.2, -0.15) is 0 Å². The number of nitrogens with zero attached hydrogens (tertiary/aromatic N) is 2. The molecule has 0 saturated heterocycles. The standard InChI is InChI=1S/C24H26ClN3O5/c1-16-14-19(11-12-20(16)25)32-13-7-10-22(30)33-15-21(29)26-23-17(2)27(3)28(24(23)31)18-8-5-4-6-9-18/h4-6,8-9,11-12,14H,7,10,13,15H2,1-3H3,(H,26,29). The first-order chi connectivity index (χ1) is 15.8. The molecule has 3 aromatic rings. The minimum atomic E-state index is -0.581. The average molecular weight is 472 g/mol. The number of ether oxygens (including phenoxy) is 2. The van der Waals surface area contributed by atoms with Crippen molar-refractivity contribution < 1.29 is 19.1 Å². The van der Waals surface area contributed by atoms with Crippen LogP contribution in [0.3, 0.4) is 0 Å². The molecule has 33 heavy (non-hydrogen) atoms. The molecule has 3 rings (SSSR count). The van der Waals surface area contributed by atoms with Crippen LogP contribution in [0.5, 0.6) is 5.75 Å². The third kappa shape index (κ3) is 6.04. The summed E-state index contributed by atoms with van der Waals surface area (Å²) in [4.78, 5) is 37.0. The first-order valence-corrected chi connectivity index (χ1v) is 10.8. The molecule has 9 heteroatoms. The SMILES string of the molecule is Cc1cc(OCCCC(=O)OCC(=O)Nc2c(C)n(C)n(-c3ccccc3)c2=O)ccc1Cl. The number of para-hydroxylation sites is 1. The van der Waals surface area contributed by atoms with Crippen LogP contribution in [0.25, 0.3) is 5.69 Å². The third-order valence-corrected chi connectivity index (χ3v) is 5.53. The Labute approximate surface area is 196 Å². The quantitative estimate of drug-likeness (QED) is 0.378. The van der Waals surface area contributed by atoms with Crippen LogP contribution in [0, 0.1) is 13.8 Å². The average Bonchev–Trinajstić information content (AvgIpc) is 3.01. The summed E-state index contributed by atoms with van der Waals surface area (Å²) in [7, 11) is 1.73. The summed E-state index contributed by atoms with van der Waals surface area (Å²) in [6.07, 6.45) is 0.534. The number of rotatable bonds is 9. The van der Waals surface area contributed by atoms with Gasteiger partial charge in [0.15, 0.2) is 6.61 Å². The van der Waals surface area contributed by atoms with Crippen molar-refractivity contribution in [3.63, 3.8) is 0 Å². The lowest BCUT2D eigenvalue weighted by atomic mass is 10.2. The maximum absolute atomic E-state index is 12.8. The van der Waals surface area contributed by atoms with E-state index in [-0.39, 0.29) is 17.7 Å². The highest BCUT2D eigenvalue weighted by Crippen LogP contribution is 2.21. The summed E-state index contributed by atoms with van der Waals surface area (Å²) >= 11 is 5.98.